The minimum absolute atomic E-state index is 0.537. The first kappa shape index (κ1) is 17.0. The second-order valence-corrected chi connectivity index (χ2v) is 6.03. The predicted molar refractivity (Wildman–Crippen MR) is 84.5 cm³/mol. The van der Waals surface area contributed by atoms with Crippen molar-refractivity contribution in [3.8, 4) is 0 Å². The van der Waals surface area contributed by atoms with Crippen LogP contribution in [0.4, 0.5) is 5.69 Å². The topological polar surface area (TPSA) is 92.6 Å². The van der Waals surface area contributed by atoms with Gasteiger partial charge in [-0.1, -0.05) is 24.6 Å². The second-order valence-electron chi connectivity index (χ2n) is 4.64. The first-order valence-corrected chi connectivity index (χ1v) is 7.79. The summed E-state index contributed by atoms with van der Waals surface area (Å²) in [6.07, 6.45) is -0.702. The third kappa shape index (κ3) is 4.79. The van der Waals surface area contributed by atoms with Crippen LogP contribution in [0, 0.1) is 6.92 Å². The zero-order valence-electron chi connectivity index (χ0n) is 12.0. The van der Waals surface area contributed by atoms with E-state index in [4.69, 9.17) is 11.6 Å². The van der Waals surface area contributed by atoms with Crippen LogP contribution in [0.3, 0.4) is 0 Å². The van der Waals surface area contributed by atoms with Gasteiger partial charge in [-0.05, 0) is 37.0 Å². The van der Waals surface area contributed by atoms with Gasteiger partial charge in [-0.15, -0.1) is 0 Å². The molecule has 0 saturated heterocycles. The van der Waals surface area contributed by atoms with E-state index < -0.39 is 18.1 Å². The van der Waals surface area contributed by atoms with Gasteiger partial charge in [0.05, 0.1) is 5.69 Å². The van der Waals surface area contributed by atoms with Gasteiger partial charge >= 0.3 is 0 Å². The Morgan fingerprint density at radius 2 is 2.00 bits per heavy atom. The van der Waals surface area contributed by atoms with Crippen LogP contribution < -0.4 is 16.6 Å². The van der Waals surface area contributed by atoms with Crippen molar-refractivity contribution in [2.75, 3.05) is 16.5 Å². The maximum Gasteiger partial charge on any atom is 0.271 e. The number of nitrogens with zero attached hydrogens (tertiary/aromatic N) is 1. The van der Waals surface area contributed by atoms with Gasteiger partial charge in [-0.3, -0.25) is 4.79 Å². The molecule has 5 nitrogen and oxygen atoms in total. The molecule has 20 heavy (non-hydrogen) atoms. The molecule has 1 aromatic carbocycles. The number of hydrazine groups is 1. The number of aliphatic hydroxyl groups is 1. The number of carbonyl (C=O) groups excluding carboxylic acids is 1. The maximum atomic E-state index is 12.1. The summed E-state index contributed by atoms with van der Waals surface area (Å²) < 4.78 is 0. The lowest BCUT2D eigenvalue weighted by Crippen LogP contribution is -2.51. The van der Waals surface area contributed by atoms with Gasteiger partial charge < -0.3 is 10.8 Å². The fourth-order valence-corrected chi connectivity index (χ4v) is 2.41. The first-order valence-electron chi connectivity index (χ1n) is 6.64. The molecule has 0 fully saturated rings. The minimum atomic E-state index is -1.28. The summed E-state index contributed by atoms with van der Waals surface area (Å²) in [5.74, 6) is 6.97. The molecule has 0 heterocycles. The number of nitrogens with two attached hydrogens (primary N) is 2. The van der Waals surface area contributed by atoms with Crippen molar-refractivity contribution in [1.29, 1.82) is 0 Å². The van der Waals surface area contributed by atoms with Crippen molar-refractivity contribution in [3.05, 3.63) is 29.8 Å². The van der Waals surface area contributed by atoms with Gasteiger partial charge in [-0.2, -0.15) is 11.8 Å². The van der Waals surface area contributed by atoms with Gasteiger partial charge in [0.15, 0.2) is 0 Å². The maximum absolute atomic E-state index is 12.1. The first-order chi connectivity index (χ1) is 9.47. The number of rotatable bonds is 7. The van der Waals surface area contributed by atoms with Crippen molar-refractivity contribution < 1.29 is 9.90 Å². The molecule has 2 atom stereocenters. The lowest BCUT2D eigenvalue weighted by molar-refractivity contribution is -0.127. The van der Waals surface area contributed by atoms with E-state index in [1.54, 1.807) is 23.9 Å². The van der Waals surface area contributed by atoms with Crippen LogP contribution in [-0.4, -0.2) is 34.7 Å². The highest BCUT2D eigenvalue weighted by Crippen LogP contribution is 2.14. The van der Waals surface area contributed by atoms with Crippen molar-refractivity contribution in [2.24, 2.45) is 11.6 Å². The lowest BCUT2D eigenvalue weighted by atomic mass is 10.1. The molecule has 0 aliphatic rings. The average Bonchev–Trinajstić information content (AvgIpc) is 2.46. The van der Waals surface area contributed by atoms with Gasteiger partial charge in [-0.25, -0.2) is 10.9 Å². The molecular formula is C14H23N3O2S. The molecule has 112 valence electrons. The minimum Gasteiger partial charge on any atom is -0.382 e. The molecule has 1 aromatic rings. The fourth-order valence-electron chi connectivity index (χ4n) is 1.68. The van der Waals surface area contributed by atoms with E-state index in [9.17, 15) is 9.90 Å². The third-order valence-corrected chi connectivity index (χ3v) is 3.94. The molecule has 0 spiro atoms. The Kier molecular flexibility index (Phi) is 7.01. The summed E-state index contributed by atoms with van der Waals surface area (Å²) in [6, 6.07) is 6.58. The van der Waals surface area contributed by atoms with Gasteiger partial charge in [0, 0.05) is 6.04 Å². The van der Waals surface area contributed by atoms with E-state index in [1.165, 1.54) is 0 Å². The monoisotopic (exact) mass is 297 g/mol. The Morgan fingerprint density at radius 1 is 1.40 bits per heavy atom. The van der Waals surface area contributed by atoms with Crippen molar-refractivity contribution in [1.82, 2.24) is 0 Å². The Hall–Kier alpha value is -1.08. The molecule has 6 heteroatoms. The van der Waals surface area contributed by atoms with Gasteiger partial charge in [0.25, 0.3) is 5.91 Å². The number of aryl methyl sites for hydroxylation is 1. The molecule has 0 aliphatic heterocycles. The van der Waals surface area contributed by atoms with Crippen LogP contribution in [0.1, 0.15) is 18.9 Å². The average molecular weight is 297 g/mol. The zero-order chi connectivity index (χ0) is 15.1. The lowest BCUT2D eigenvalue weighted by Gasteiger charge is -2.23. The standard InChI is InChI=1S/C14H23N3O2S/c1-3-20-9-8-12(15)13(18)14(19)17(16)11-6-4-10(2)5-7-11/h4-7,12-13,18H,3,8-9,15-16H2,1-2H3/t12-,13?/m1/s1. The number of thioether (sulfide) groups is 1. The van der Waals surface area contributed by atoms with Crippen molar-refractivity contribution in [2.45, 2.75) is 32.4 Å². The zero-order valence-corrected chi connectivity index (χ0v) is 12.8. The number of carbonyl (C=O) groups is 1. The highest BCUT2D eigenvalue weighted by atomic mass is 32.2. The molecule has 1 unspecified atom stereocenters. The molecule has 1 amide bonds. The van der Waals surface area contributed by atoms with E-state index >= 15 is 0 Å². The van der Waals surface area contributed by atoms with E-state index in [2.05, 4.69) is 6.92 Å². The highest BCUT2D eigenvalue weighted by Gasteiger charge is 2.26. The highest BCUT2D eigenvalue weighted by molar-refractivity contribution is 7.99. The Balaban J connectivity index is 2.61. The van der Waals surface area contributed by atoms with Gasteiger partial charge in [0.2, 0.25) is 0 Å². The van der Waals surface area contributed by atoms with Crippen LogP contribution in [-0.2, 0) is 4.79 Å². The Bertz CT molecular complexity index is 425. The molecular weight excluding hydrogens is 274 g/mol. The van der Waals surface area contributed by atoms with Gasteiger partial charge in [0.1, 0.15) is 6.10 Å². The molecule has 1 rings (SSSR count). The number of anilines is 1. The number of benzene rings is 1. The van der Waals surface area contributed by atoms with E-state index in [1.807, 2.05) is 19.1 Å². The normalized spacial score (nSPS) is 13.8. The van der Waals surface area contributed by atoms with Crippen LogP contribution in [0.2, 0.25) is 0 Å². The SMILES string of the molecule is CCSCC[C@@H](N)C(O)C(=O)N(N)c1ccc(C)cc1. The fraction of sp³-hybridized carbons (Fsp3) is 0.500. The Morgan fingerprint density at radius 3 is 2.55 bits per heavy atom. The molecule has 5 N–H and O–H groups in total. The molecule has 0 aromatic heterocycles. The summed E-state index contributed by atoms with van der Waals surface area (Å²) in [4.78, 5) is 12.1. The summed E-state index contributed by atoms with van der Waals surface area (Å²) in [5.41, 5.74) is 7.44. The number of amides is 1. The van der Waals surface area contributed by atoms with Crippen molar-refractivity contribution in [3.63, 3.8) is 0 Å². The van der Waals surface area contributed by atoms with Crippen LogP contribution in [0.25, 0.3) is 0 Å². The molecule has 0 bridgehead atoms. The quantitative estimate of drug-likeness (QED) is 0.302. The number of aliphatic hydroxyl groups excluding tert-OH is 1. The number of hydrogen-bond donors (Lipinski definition) is 3. The number of hydrogen-bond acceptors (Lipinski definition) is 5. The molecule has 0 aliphatic carbocycles. The van der Waals surface area contributed by atoms with Crippen LogP contribution >= 0.6 is 11.8 Å². The third-order valence-electron chi connectivity index (χ3n) is 3.01. The second kappa shape index (κ2) is 8.26. The van der Waals surface area contributed by atoms with Crippen LogP contribution in [0.5, 0.6) is 0 Å². The Labute approximate surface area is 124 Å². The summed E-state index contributed by atoms with van der Waals surface area (Å²) in [7, 11) is 0. The smallest absolute Gasteiger partial charge is 0.271 e. The molecule has 0 radical (unpaired) electrons. The van der Waals surface area contributed by atoms with Crippen molar-refractivity contribution >= 4 is 23.4 Å². The summed E-state index contributed by atoms with van der Waals surface area (Å²) >= 11 is 1.72. The summed E-state index contributed by atoms with van der Waals surface area (Å²) in [5, 5.41) is 10.9. The van der Waals surface area contributed by atoms with E-state index in [0.717, 1.165) is 22.1 Å². The largest absolute Gasteiger partial charge is 0.382 e. The summed E-state index contributed by atoms with van der Waals surface area (Å²) in [6.45, 7) is 4.00. The molecule has 0 saturated carbocycles. The van der Waals surface area contributed by atoms with E-state index in [-0.39, 0.29) is 0 Å². The predicted octanol–water partition coefficient (Wildman–Crippen LogP) is 1.03. The van der Waals surface area contributed by atoms with E-state index in [0.29, 0.717) is 12.1 Å². The van der Waals surface area contributed by atoms with Crippen LogP contribution in [0.15, 0.2) is 24.3 Å².